The van der Waals surface area contributed by atoms with Crippen molar-refractivity contribution in [1.82, 2.24) is 9.88 Å². The number of carboxylic acid groups (broad SMARTS) is 1. The summed E-state index contributed by atoms with van der Waals surface area (Å²) in [5.74, 6) is -1.03. The van der Waals surface area contributed by atoms with Crippen LogP contribution < -0.4 is 0 Å². The first-order valence-corrected chi connectivity index (χ1v) is 6.90. The lowest BCUT2D eigenvalue weighted by atomic mass is 9.94. The number of aliphatic carboxylic acids is 1. The normalized spacial score (nSPS) is 18.1. The van der Waals surface area contributed by atoms with Crippen molar-refractivity contribution in [3.05, 3.63) is 29.1 Å². The van der Waals surface area contributed by atoms with Crippen LogP contribution in [0.5, 0.6) is 0 Å². The molecule has 1 amide bonds. The summed E-state index contributed by atoms with van der Waals surface area (Å²) in [7, 11) is 0. The number of nitriles is 1. The summed E-state index contributed by atoms with van der Waals surface area (Å²) in [6, 6.07) is 5.16. The maximum Gasteiger partial charge on any atom is 0.303 e. The van der Waals surface area contributed by atoms with Crippen molar-refractivity contribution >= 4 is 11.9 Å². The monoisotopic (exact) mass is 287 g/mol. The van der Waals surface area contributed by atoms with Gasteiger partial charge in [-0.2, -0.15) is 5.26 Å². The molecule has 1 aromatic heterocycles. The summed E-state index contributed by atoms with van der Waals surface area (Å²) in [6.07, 6.45) is 1.72. The third-order valence-electron chi connectivity index (χ3n) is 3.69. The molecule has 1 saturated heterocycles. The molecular formula is C15H17N3O3. The highest BCUT2D eigenvalue weighted by molar-refractivity contribution is 5.92. The minimum absolute atomic E-state index is 0.000298. The van der Waals surface area contributed by atoms with Crippen LogP contribution in [0.2, 0.25) is 0 Å². The van der Waals surface area contributed by atoms with Gasteiger partial charge in [-0.05, 0) is 37.8 Å². The van der Waals surface area contributed by atoms with Crippen LogP contribution in [-0.2, 0) is 4.79 Å². The number of piperidine rings is 1. The SMILES string of the molecule is Cc1nc(C(=O)N2CCCC(CC(=O)O)C2)ccc1C#N. The van der Waals surface area contributed by atoms with E-state index in [-0.39, 0.29) is 18.2 Å². The van der Waals surface area contributed by atoms with Crippen LogP contribution in [0.1, 0.15) is 41.0 Å². The Labute approximate surface area is 123 Å². The Bertz CT molecular complexity index is 607. The number of aromatic nitrogens is 1. The Hall–Kier alpha value is -2.42. The van der Waals surface area contributed by atoms with Crippen molar-refractivity contribution in [1.29, 1.82) is 5.26 Å². The zero-order chi connectivity index (χ0) is 15.4. The molecular weight excluding hydrogens is 270 g/mol. The topological polar surface area (TPSA) is 94.3 Å². The molecule has 0 radical (unpaired) electrons. The standard InChI is InChI=1S/C15H17N3O3/c1-10-12(8-16)4-5-13(17-10)15(21)18-6-2-3-11(9-18)7-14(19)20/h4-5,11H,2-3,6-7,9H2,1H3,(H,19,20). The van der Waals surface area contributed by atoms with Crippen LogP contribution in [0.3, 0.4) is 0 Å². The molecule has 1 unspecified atom stereocenters. The van der Waals surface area contributed by atoms with Crippen molar-refractivity contribution in [2.75, 3.05) is 13.1 Å². The van der Waals surface area contributed by atoms with Crippen molar-refractivity contribution in [2.24, 2.45) is 5.92 Å². The van der Waals surface area contributed by atoms with E-state index in [1.54, 1.807) is 24.0 Å². The van der Waals surface area contributed by atoms with Crippen LogP contribution in [0.15, 0.2) is 12.1 Å². The van der Waals surface area contributed by atoms with Gasteiger partial charge in [-0.15, -0.1) is 0 Å². The lowest BCUT2D eigenvalue weighted by Crippen LogP contribution is -2.40. The molecule has 6 nitrogen and oxygen atoms in total. The van der Waals surface area contributed by atoms with E-state index in [1.807, 2.05) is 6.07 Å². The molecule has 21 heavy (non-hydrogen) atoms. The number of pyridine rings is 1. The maximum absolute atomic E-state index is 12.4. The minimum Gasteiger partial charge on any atom is -0.481 e. The summed E-state index contributed by atoms with van der Waals surface area (Å²) in [5.41, 5.74) is 1.29. The number of rotatable bonds is 3. The predicted octanol–water partition coefficient (Wildman–Crippen LogP) is 1.59. The molecule has 1 aromatic rings. The zero-order valence-electron chi connectivity index (χ0n) is 11.9. The molecule has 0 aromatic carbocycles. The summed E-state index contributed by atoms with van der Waals surface area (Å²) in [4.78, 5) is 29.0. The van der Waals surface area contributed by atoms with Crippen molar-refractivity contribution < 1.29 is 14.7 Å². The van der Waals surface area contributed by atoms with Gasteiger partial charge >= 0.3 is 5.97 Å². The molecule has 110 valence electrons. The number of nitrogens with zero attached hydrogens (tertiary/aromatic N) is 3. The summed E-state index contributed by atoms with van der Waals surface area (Å²) < 4.78 is 0. The smallest absolute Gasteiger partial charge is 0.303 e. The quantitative estimate of drug-likeness (QED) is 0.911. The van der Waals surface area contributed by atoms with Gasteiger partial charge in [0.2, 0.25) is 0 Å². The lowest BCUT2D eigenvalue weighted by molar-refractivity contribution is -0.138. The van der Waals surface area contributed by atoms with E-state index in [1.165, 1.54) is 0 Å². The number of aryl methyl sites for hydroxylation is 1. The molecule has 0 aliphatic carbocycles. The molecule has 1 atom stereocenters. The number of carboxylic acids is 1. The second kappa shape index (κ2) is 6.35. The number of likely N-dealkylation sites (tertiary alicyclic amines) is 1. The van der Waals surface area contributed by atoms with Crippen LogP contribution in [0.4, 0.5) is 0 Å². The minimum atomic E-state index is -0.832. The summed E-state index contributed by atoms with van der Waals surface area (Å²) in [5, 5.41) is 17.7. The van der Waals surface area contributed by atoms with E-state index in [0.717, 1.165) is 12.8 Å². The highest BCUT2D eigenvalue weighted by atomic mass is 16.4. The first-order valence-electron chi connectivity index (χ1n) is 6.90. The van der Waals surface area contributed by atoms with Gasteiger partial charge in [0.05, 0.1) is 11.3 Å². The van der Waals surface area contributed by atoms with Gasteiger partial charge in [-0.1, -0.05) is 0 Å². The number of hydrogen-bond donors (Lipinski definition) is 1. The molecule has 1 aliphatic rings. The highest BCUT2D eigenvalue weighted by Crippen LogP contribution is 2.21. The fourth-order valence-corrected chi connectivity index (χ4v) is 2.62. The Kier molecular flexibility index (Phi) is 4.53. The van der Waals surface area contributed by atoms with Gasteiger partial charge < -0.3 is 10.0 Å². The van der Waals surface area contributed by atoms with E-state index < -0.39 is 5.97 Å². The Morgan fingerprint density at radius 3 is 2.90 bits per heavy atom. The Balaban J connectivity index is 2.10. The van der Waals surface area contributed by atoms with Gasteiger partial charge in [0.25, 0.3) is 5.91 Å². The van der Waals surface area contributed by atoms with Gasteiger partial charge in [0.1, 0.15) is 11.8 Å². The zero-order valence-corrected chi connectivity index (χ0v) is 11.9. The van der Waals surface area contributed by atoms with Crippen LogP contribution in [-0.4, -0.2) is 40.0 Å². The lowest BCUT2D eigenvalue weighted by Gasteiger charge is -2.31. The second-order valence-corrected chi connectivity index (χ2v) is 5.30. The number of carbonyl (C=O) groups is 2. The molecule has 1 fully saturated rings. The van der Waals surface area contributed by atoms with Gasteiger partial charge in [-0.3, -0.25) is 9.59 Å². The maximum atomic E-state index is 12.4. The average Bonchev–Trinajstić information content (AvgIpc) is 2.46. The number of hydrogen-bond acceptors (Lipinski definition) is 4. The Morgan fingerprint density at radius 2 is 2.29 bits per heavy atom. The van der Waals surface area contributed by atoms with E-state index in [0.29, 0.717) is 30.0 Å². The van der Waals surface area contributed by atoms with Gasteiger partial charge in [0, 0.05) is 19.5 Å². The van der Waals surface area contributed by atoms with E-state index in [9.17, 15) is 9.59 Å². The van der Waals surface area contributed by atoms with Crippen LogP contribution in [0, 0.1) is 24.2 Å². The molecule has 0 spiro atoms. The van der Waals surface area contributed by atoms with Crippen molar-refractivity contribution in [3.8, 4) is 6.07 Å². The first-order chi connectivity index (χ1) is 10.0. The summed E-state index contributed by atoms with van der Waals surface area (Å²) >= 11 is 0. The fraction of sp³-hybridized carbons (Fsp3) is 0.467. The van der Waals surface area contributed by atoms with E-state index >= 15 is 0 Å². The van der Waals surface area contributed by atoms with Crippen molar-refractivity contribution in [2.45, 2.75) is 26.2 Å². The molecule has 2 heterocycles. The van der Waals surface area contributed by atoms with Gasteiger partial charge in [0.15, 0.2) is 0 Å². The second-order valence-electron chi connectivity index (χ2n) is 5.30. The molecule has 1 aliphatic heterocycles. The fourth-order valence-electron chi connectivity index (χ4n) is 2.62. The molecule has 0 saturated carbocycles. The predicted molar refractivity (Wildman–Crippen MR) is 74.6 cm³/mol. The van der Waals surface area contributed by atoms with Crippen LogP contribution in [0.25, 0.3) is 0 Å². The van der Waals surface area contributed by atoms with E-state index in [2.05, 4.69) is 4.98 Å². The molecule has 6 heteroatoms. The average molecular weight is 287 g/mol. The first kappa shape index (κ1) is 15.0. The highest BCUT2D eigenvalue weighted by Gasteiger charge is 2.26. The summed E-state index contributed by atoms with van der Waals surface area (Å²) in [6.45, 7) is 2.76. The number of carbonyl (C=O) groups excluding carboxylic acids is 1. The molecule has 1 N–H and O–H groups in total. The number of amides is 1. The Morgan fingerprint density at radius 1 is 1.52 bits per heavy atom. The van der Waals surface area contributed by atoms with Crippen molar-refractivity contribution in [3.63, 3.8) is 0 Å². The largest absolute Gasteiger partial charge is 0.481 e. The van der Waals surface area contributed by atoms with E-state index in [4.69, 9.17) is 10.4 Å². The molecule has 2 rings (SSSR count). The van der Waals surface area contributed by atoms with Crippen LogP contribution >= 0.6 is 0 Å². The molecule has 0 bridgehead atoms. The van der Waals surface area contributed by atoms with Gasteiger partial charge in [-0.25, -0.2) is 4.98 Å². The third kappa shape index (κ3) is 3.57. The third-order valence-corrected chi connectivity index (χ3v) is 3.69.